The van der Waals surface area contributed by atoms with Gasteiger partial charge in [-0.15, -0.1) is 0 Å². The second-order valence-electron chi connectivity index (χ2n) is 5.43. The van der Waals surface area contributed by atoms with Gasteiger partial charge in [0.15, 0.2) is 0 Å². The van der Waals surface area contributed by atoms with Crippen molar-refractivity contribution in [2.75, 3.05) is 18.5 Å². The Kier molecular flexibility index (Phi) is 6.27. The first-order valence-electron chi connectivity index (χ1n) is 7.77. The van der Waals surface area contributed by atoms with Gasteiger partial charge in [-0.3, -0.25) is 0 Å². The minimum Gasteiger partial charge on any atom is -0.493 e. The van der Waals surface area contributed by atoms with Crippen LogP contribution in [0.25, 0.3) is 0 Å². The molecule has 134 valence electrons. The van der Waals surface area contributed by atoms with Gasteiger partial charge in [0.2, 0.25) is 0 Å². The molecule has 0 heterocycles. The summed E-state index contributed by atoms with van der Waals surface area (Å²) >= 11 is 0. The molecule has 4 nitrogen and oxygen atoms in total. The van der Waals surface area contributed by atoms with Gasteiger partial charge in [-0.1, -0.05) is 24.3 Å². The Morgan fingerprint density at radius 1 is 1.12 bits per heavy atom. The highest BCUT2D eigenvalue weighted by molar-refractivity contribution is 5.89. The second kappa shape index (κ2) is 8.41. The SMILES string of the molecule is Cc1ccccc1OCCCNC(=O)Nc1cccc(C(F)(F)F)c1. The number of aryl methyl sites for hydroxylation is 1. The number of anilines is 1. The van der Waals surface area contributed by atoms with E-state index in [1.54, 1.807) is 0 Å². The average Bonchev–Trinajstić information content (AvgIpc) is 2.55. The molecule has 0 saturated heterocycles. The van der Waals surface area contributed by atoms with Gasteiger partial charge in [-0.05, 0) is 43.2 Å². The molecule has 0 aliphatic heterocycles. The highest BCUT2D eigenvalue weighted by Gasteiger charge is 2.30. The topological polar surface area (TPSA) is 50.4 Å². The lowest BCUT2D eigenvalue weighted by atomic mass is 10.2. The zero-order valence-electron chi connectivity index (χ0n) is 13.7. The minimum atomic E-state index is -4.44. The molecule has 0 unspecified atom stereocenters. The largest absolute Gasteiger partial charge is 0.493 e. The van der Waals surface area contributed by atoms with Gasteiger partial charge in [0, 0.05) is 12.2 Å². The lowest BCUT2D eigenvalue weighted by Gasteiger charge is -2.11. The van der Waals surface area contributed by atoms with Gasteiger partial charge in [0.1, 0.15) is 5.75 Å². The number of urea groups is 1. The minimum absolute atomic E-state index is 0.0866. The van der Waals surface area contributed by atoms with Gasteiger partial charge < -0.3 is 15.4 Å². The molecule has 0 spiro atoms. The molecule has 0 fully saturated rings. The van der Waals surface area contributed by atoms with E-state index < -0.39 is 17.8 Å². The molecule has 0 bridgehead atoms. The van der Waals surface area contributed by atoms with Gasteiger partial charge >= 0.3 is 12.2 Å². The molecular formula is C18H19F3N2O2. The Labute approximate surface area is 144 Å². The van der Waals surface area contributed by atoms with Crippen molar-refractivity contribution in [1.29, 1.82) is 0 Å². The maximum Gasteiger partial charge on any atom is 0.416 e. The Morgan fingerprint density at radius 2 is 1.88 bits per heavy atom. The molecule has 0 aliphatic carbocycles. The van der Waals surface area contributed by atoms with Crippen LogP contribution in [0, 0.1) is 6.92 Å². The zero-order chi connectivity index (χ0) is 18.3. The van der Waals surface area contributed by atoms with Crippen molar-refractivity contribution in [2.45, 2.75) is 19.5 Å². The van der Waals surface area contributed by atoms with Crippen LogP contribution in [0.15, 0.2) is 48.5 Å². The lowest BCUT2D eigenvalue weighted by Crippen LogP contribution is -2.30. The number of nitrogens with one attached hydrogen (secondary N) is 2. The highest BCUT2D eigenvalue weighted by Crippen LogP contribution is 2.30. The van der Waals surface area contributed by atoms with Crippen LogP contribution in [0.5, 0.6) is 5.75 Å². The Bertz CT molecular complexity index is 717. The molecule has 2 aromatic carbocycles. The van der Waals surface area contributed by atoms with E-state index in [1.165, 1.54) is 12.1 Å². The maximum absolute atomic E-state index is 12.6. The molecule has 0 saturated carbocycles. The number of hydrogen-bond acceptors (Lipinski definition) is 2. The number of amides is 2. The summed E-state index contributed by atoms with van der Waals surface area (Å²) in [5, 5.41) is 4.96. The third kappa shape index (κ3) is 6.02. The third-order valence-corrected chi connectivity index (χ3v) is 3.41. The summed E-state index contributed by atoms with van der Waals surface area (Å²) in [7, 11) is 0. The molecular weight excluding hydrogens is 333 g/mol. The quantitative estimate of drug-likeness (QED) is 0.746. The average molecular weight is 352 g/mol. The van der Waals surface area contributed by atoms with Gasteiger partial charge in [0.25, 0.3) is 0 Å². The van der Waals surface area contributed by atoms with Crippen LogP contribution in [-0.2, 0) is 6.18 Å². The summed E-state index contributed by atoms with van der Waals surface area (Å²) in [6.07, 6.45) is -3.87. The van der Waals surface area contributed by atoms with E-state index in [1.807, 2.05) is 31.2 Å². The van der Waals surface area contributed by atoms with Crippen LogP contribution >= 0.6 is 0 Å². The predicted molar refractivity (Wildman–Crippen MR) is 89.8 cm³/mol. The van der Waals surface area contributed by atoms with Crippen molar-refractivity contribution in [3.8, 4) is 5.75 Å². The number of carbonyl (C=O) groups is 1. The number of alkyl halides is 3. The Hall–Kier alpha value is -2.70. The van der Waals surface area contributed by atoms with Crippen LogP contribution < -0.4 is 15.4 Å². The molecule has 25 heavy (non-hydrogen) atoms. The van der Waals surface area contributed by atoms with Crippen molar-refractivity contribution >= 4 is 11.7 Å². The number of hydrogen-bond donors (Lipinski definition) is 2. The zero-order valence-corrected chi connectivity index (χ0v) is 13.7. The normalized spacial score (nSPS) is 11.0. The fraction of sp³-hybridized carbons (Fsp3) is 0.278. The van der Waals surface area contributed by atoms with Crippen molar-refractivity contribution in [3.05, 3.63) is 59.7 Å². The smallest absolute Gasteiger partial charge is 0.416 e. The summed E-state index contributed by atoms with van der Waals surface area (Å²) in [6, 6.07) is 11.5. The van der Waals surface area contributed by atoms with Crippen molar-refractivity contribution in [1.82, 2.24) is 5.32 Å². The van der Waals surface area contributed by atoms with Crippen LogP contribution in [0.3, 0.4) is 0 Å². The summed E-state index contributed by atoms with van der Waals surface area (Å²) < 4.78 is 43.4. The summed E-state index contributed by atoms with van der Waals surface area (Å²) in [6.45, 7) is 2.71. The molecule has 2 amide bonds. The molecule has 0 aromatic heterocycles. The van der Waals surface area contributed by atoms with Crippen LogP contribution in [0.4, 0.5) is 23.7 Å². The van der Waals surface area contributed by atoms with E-state index in [4.69, 9.17) is 4.74 Å². The maximum atomic E-state index is 12.6. The second-order valence-corrected chi connectivity index (χ2v) is 5.43. The standard InChI is InChI=1S/C18H19F3N2O2/c1-13-6-2-3-9-16(13)25-11-5-10-22-17(24)23-15-8-4-7-14(12-15)18(19,20)21/h2-4,6-9,12H,5,10-11H2,1H3,(H2,22,23,24). The summed E-state index contributed by atoms with van der Waals surface area (Å²) in [5.74, 6) is 0.788. The van der Waals surface area contributed by atoms with Gasteiger partial charge in [0.05, 0.1) is 12.2 Å². The van der Waals surface area contributed by atoms with Crippen molar-refractivity contribution in [2.24, 2.45) is 0 Å². The molecule has 0 atom stereocenters. The molecule has 0 aliphatic rings. The van der Waals surface area contributed by atoms with E-state index in [-0.39, 0.29) is 5.69 Å². The molecule has 2 aromatic rings. The fourth-order valence-corrected chi connectivity index (χ4v) is 2.12. The van der Waals surface area contributed by atoms with E-state index in [0.29, 0.717) is 19.6 Å². The van der Waals surface area contributed by atoms with Crippen molar-refractivity contribution < 1.29 is 22.7 Å². The summed E-state index contributed by atoms with van der Waals surface area (Å²) in [5.41, 5.74) is 0.304. The van der Waals surface area contributed by atoms with E-state index >= 15 is 0 Å². The fourth-order valence-electron chi connectivity index (χ4n) is 2.12. The number of halogens is 3. The van der Waals surface area contributed by atoms with Crippen LogP contribution in [0.1, 0.15) is 17.5 Å². The molecule has 0 radical (unpaired) electrons. The van der Waals surface area contributed by atoms with Crippen molar-refractivity contribution in [3.63, 3.8) is 0 Å². The lowest BCUT2D eigenvalue weighted by molar-refractivity contribution is -0.137. The van der Waals surface area contributed by atoms with Gasteiger partial charge in [-0.25, -0.2) is 4.79 Å². The molecule has 2 rings (SSSR count). The van der Waals surface area contributed by atoms with E-state index in [0.717, 1.165) is 23.4 Å². The number of para-hydroxylation sites is 1. The predicted octanol–water partition coefficient (Wildman–Crippen LogP) is 4.60. The van der Waals surface area contributed by atoms with E-state index in [9.17, 15) is 18.0 Å². The van der Waals surface area contributed by atoms with Crippen LogP contribution in [0.2, 0.25) is 0 Å². The third-order valence-electron chi connectivity index (χ3n) is 3.41. The Balaban J connectivity index is 1.72. The van der Waals surface area contributed by atoms with Gasteiger partial charge in [-0.2, -0.15) is 13.2 Å². The first-order valence-corrected chi connectivity index (χ1v) is 7.77. The molecule has 2 N–H and O–H groups in total. The number of ether oxygens (including phenoxy) is 1. The number of benzene rings is 2. The first-order chi connectivity index (χ1) is 11.9. The summed E-state index contributed by atoms with van der Waals surface area (Å²) in [4.78, 5) is 11.7. The highest BCUT2D eigenvalue weighted by atomic mass is 19.4. The Morgan fingerprint density at radius 3 is 2.60 bits per heavy atom. The monoisotopic (exact) mass is 352 g/mol. The molecule has 7 heteroatoms. The number of carbonyl (C=O) groups excluding carboxylic acids is 1. The first kappa shape index (κ1) is 18.6. The van der Waals surface area contributed by atoms with E-state index in [2.05, 4.69) is 10.6 Å². The van der Waals surface area contributed by atoms with Crippen LogP contribution in [-0.4, -0.2) is 19.2 Å². The number of rotatable bonds is 6.